The molecule has 2 aromatic heterocycles. The van der Waals surface area contributed by atoms with Crippen molar-refractivity contribution in [1.29, 1.82) is 0 Å². The number of rotatable bonds is 3. The minimum atomic E-state index is -0.340. The Bertz CT molecular complexity index is 1040. The highest BCUT2D eigenvalue weighted by molar-refractivity contribution is 7.14. The Balaban J connectivity index is 1.59. The molecule has 7 heteroatoms. The summed E-state index contributed by atoms with van der Waals surface area (Å²) in [7, 11) is 0. The van der Waals surface area contributed by atoms with Crippen LogP contribution in [-0.4, -0.2) is 21.1 Å². The van der Waals surface area contributed by atoms with Gasteiger partial charge in [0.25, 0.3) is 5.91 Å². The molecule has 0 bridgehead atoms. The molecular formula is C17H11FN4OS. The van der Waals surface area contributed by atoms with Crippen molar-refractivity contribution in [2.75, 3.05) is 5.32 Å². The Morgan fingerprint density at radius 2 is 2.04 bits per heavy atom. The molecule has 118 valence electrons. The van der Waals surface area contributed by atoms with Gasteiger partial charge in [0.15, 0.2) is 10.8 Å². The van der Waals surface area contributed by atoms with Crippen molar-refractivity contribution >= 4 is 33.3 Å². The zero-order valence-electron chi connectivity index (χ0n) is 12.3. The maximum atomic E-state index is 13.3. The first-order valence-corrected chi connectivity index (χ1v) is 8.04. The number of aromatic amines is 1. The number of H-pyrrole nitrogens is 1. The van der Waals surface area contributed by atoms with Gasteiger partial charge < -0.3 is 0 Å². The quantitative estimate of drug-likeness (QED) is 0.591. The van der Waals surface area contributed by atoms with Crippen LogP contribution in [0.15, 0.2) is 53.9 Å². The number of aromatic nitrogens is 3. The molecule has 4 rings (SSSR count). The van der Waals surface area contributed by atoms with Crippen LogP contribution in [0.4, 0.5) is 9.52 Å². The van der Waals surface area contributed by atoms with Crippen LogP contribution < -0.4 is 5.32 Å². The largest absolute Gasteiger partial charge is 0.296 e. The first-order valence-electron chi connectivity index (χ1n) is 7.16. The van der Waals surface area contributed by atoms with Crippen LogP contribution in [0.3, 0.4) is 0 Å². The van der Waals surface area contributed by atoms with Crippen LogP contribution in [0.5, 0.6) is 0 Å². The van der Waals surface area contributed by atoms with E-state index in [1.54, 1.807) is 17.5 Å². The molecule has 0 aliphatic rings. The van der Waals surface area contributed by atoms with Crippen LogP contribution in [0.1, 0.15) is 10.5 Å². The molecule has 0 saturated heterocycles. The Kier molecular flexibility index (Phi) is 3.55. The summed E-state index contributed by atoms with van der Waals surface area (Å²) in [4.78, 5) is 16.7. The van der Waals surface area contributed by atoms with E-state index in [0.29, 0.717) is 22.1 Å². The Morgan fingerprint density at radius 3 is 2.92 bits per heavy atom. The summed E-state index contributed by atoms with van der Waals surface area (Å²) < 4.78 is 13.3. The molecule has 0 aliphatic carbocycles. The van der Waals surface area contributed by atoms with Crippen molar-refractivity contribution in [1.82, 2.24) is 15.2 Å². The minimum Gasteiger partial charge on any atom is -0.296 e. The highest BCUT2D eigenvalue weighted by Gasteiger charge is 2.15. The maximum absolute atomic E-state index is 13.3. The second-order valence-corrected chi connectivity index (χ2v) is 5.98. The lowest BCUT2D eigenvalue weighted by Gasteiger charge is -1.99. The van der Waals surface area contributed by atoms with Gasteiger partial charge in [0.1, 0.15) is 5.82 Å². The molecule has 24 heavy (non-hydrogen) atoms. The Morgan fingerprint density at radius 1 is 1.17 bits per heavy atom. The third-order valence-corrected chi connectivity index (χ3v) is 4.29. The van der Waals surface area contributed by atoms with Gasteiger partial charge in [-0.3, -0.25) is 15.2 Å². The van der Waals surface area contributed by atoms with Crippen molar-refractivity contribution in [3.63, 3.8) is 0 Å². The predicted octanol–water partition coefficient (Wildman–Crippen LogP) is 4.08. The molecule has 1 amide bonds. The Hall–Kier alpha value is -3.06. The van der Waals surface area contributed by atoms with Crippen molar-refractivity contribution < 1.29 is 9.18 Å². The van der Waals surface area contributed by atoms with Gasteiger partial charge in [-0.05, 0) is 18.2 Å². The summed E-state index contributed by atoms with van der Waals surface area (Å²) in [5.74, 6) is -0.665. The smallest absolute Gasteiger partial charge is 0.278 e. The fourth-order valence-corrected chi connectivity index (χ4v) is 3.12. The van der Waals surface area contributed by atoms with Crippen molar-refractivity contribution in [3.05, 3.63) is 65.4 Å². The van der Waals surface area contributed by atoms with E-state index in [2.05, 4.69) is 20.5 Å². The lowest BCUT2D eigenvalue weighted by atomic mass is 10.2. The zero-order chi connectivity index (χ0) is 16.5. The highest BCUT2D eigenvalue weighted by atomic mass is 32.1. The van der Waals surface area contributed by atoms with E-state index in [-0.39, 0.29) is 11.7 Å². The molecule has 5 nitrogen and oxygen atoms in total. The monoisotopic (exact) mass is 338 g/mol. The van der Waals surface area contributed by atoms with E-state index in [1.807, 2.05) is 24.3 Å². The molecule has 0 unspecified atom stereocenters. The molecule has 4 aromatic rings. The SMILES string of the molecule is O=C(Nc1nc(-c2cccc(F)c2)cs1)c1n[nH]c2ccccc12. The average Bonchev–Trinajstić information content (AvgIpc) is 3.21. The first kappa shape index (κ1) is 14.5. The summed E-state index contributed by atoms with van der Waals surface area (Å²) in [5, 5.41) is 12.6. The van der Waals surface area contributed by atoms with Crippen LogP contribution in [0.2, 0.25) is 0 Å². The molecule has 2 aromatic carbocycles. The lowest BCUT2D eigenvalue weighted by molar-refractivity contribution is 0.102. The molecule has 0 aliphatic heterocycles. The van der Waals surface area contributed by atoms with Gasteiger partial charge in [0, 0.05) is 16.3 Å². The Labute approximate surface area is 140 Å². The minimum absolute atomic E-state index is 0.313. The second kappa shape index (κ2) is 5.86. The van der Waals surface area contributed by atoms with Gasteiger partial charge in [0.05, 0.1) is 11.2 Å². The van der Waals surface area contributed by atoms with E-state index in [4.69, 9.17) is 0 Å². The fraction of sp³-hybridized carbons (Fsp3) is 0. The van der Waals surface area contributed by atoms with Crippen molar-refractivity contribution in [3.8, 4) is 11.3 Å². The maximum Gasteiger partial charge on any atom is 0.278 e. The van der Waals surface area contributed by atoms with Crippen molar-refractivity contribution in [2.45, 2.75) is 0 Å². The van der Waals surface area contributed by atoms with E-state index in [1.165, 1.54) is 23.5 Å². The van der Waals surface area contributed by atoms with Gasteiger partial charge in [-0.25, -0.2) is 9.37 Å². The molecule has 0 saturated carbocycles. The number of para-hydroxylation sites is 1. The third-order valence-electron chi connectivity index (χ3n) is 3.53. The highest BCUT2D eigenvalue weighted by Crippen LogP contribution is 2.26. The number of amides is 1. The third kappa shape index (κ3) is 2.65. The van der Waals surface area contributed by atoms with Gasteiger partial charge in [0.2, 0.25) is 0 Å². The number of carbonyl (C=O) groups is 1. The van der Waals surface area contributed by atoms with Crippen LogP contribution in [-0.2, 0) is 0 Å². The zero-order valence-corrected chi connectivity index (χ0v) is 13.1. The van der Waals surface area contributed by atoms with E-state index in [0.717, 1.165) is 10.9 Å². The number of anilines is 1. The molecular weight excluding hydrogens is 327 g/mol. The number of thiazole rings is 1. The van der Waals surface area contributed by atoms with Crippen LogP contribution in [0.25, 0.3) is 22.2 Å². The van der Waals surface area contributed by atoms with Crippen molar-refractivity contribution in [2.24, 2.45) is 0 Å². The topological polar surface area (TPSA) is 70.7 Å². The van der Waals surface area contributed by atoms with Gasteiger partial charge in [-0.2, -0.15) is 5.10 Å². The number of halogens is 1. The van der Waals surface area contributed by atoms with Crippen LogP contribution in [0, 0.1) is 5.82 Å². The summed E-state index contributed by atoms with van der Waals surface area (Å²) in [5.41, 5.74) is 2.38. The first-order chi connectivity index (χ1) is 11.7. The van der Waals surface area contributed by atoms with E-state index < -0.39 is 0 Å². The van der Waals surface area contributed by atoms with E-state index in [9.17, 15) is 9.18 Å². The predicted molar refractivity (Wildman–Crippen MR) is 91.6 cm³/mol. The summed E-state index contributed by atoms with van der Waals surface area (Å²) in [6, 6.07) is 13.6. The van der Waals surface area contributed by atoms with Gasteiger partial charge in [-0.1, -0.05) is 30.3 Å². The summed E-state index contributed by atoms with van der Waals surface area (Å²) in [6.07, 6.45) is 0. The number of benzene rings is 2. The molecule has 0 radical (unpaired) electrons. The molecule has 0 fully saturated rings. The van der Waals surface area contributed by atoms with E-state index >= 15 is 0 Å². The fourth-order valence-electron chi connectivity index (χ4n) is 2.40. The normalized spacial score (nSPS) is 10.9. The molecule has 0 spiro atoms. The number of carbonyl (C=O) groups excluding carboxylic acids is 1. The molecule has 0 atom stereocenters. The summed E-state index contributed by atoms with van der Waals surface area (Å²) >= 11 is 1.28. The van der Waals surface area contributed by atoms with Crippen LogP contribution >= 0.6 is 11.3 Å². The number of nitrogens with one attached hydrogen (secondary N) is 2. The van der Waals surface area contributed by atoms with Gasteiger partial charge in [-0.15, -0.1) is 11.3 Å². The summed E-state index contributed by atoms with van der Waals surface area (Å²) in [6.45, 7) is 0. The number of nitrogens with zero attached hydrogens (tertiary/aromatic N) is 2. The number of hydrogen-bond acceptors (Lipinski definition) is 4. The number of fused-ring (bicyclic) bond motifs is 1. The standard InChI is InChI=1S/C17H11FN4OS/c18-11-5-3-4-10(8-11)14-9-24-17(19-14)20-16(23)15-12-6-1-2-7-13(12)21-22-15/h1-9H,(H,21,22)(H,19,20,23). The second-order valence-electron chi connectivity index (χ2n) is 5.12. The number of hydrogen-bond donors (Lipinski definition) is 2. The van der Waals surface area contributed by atoms with Gasteiger partial charge >= 0.3 is 0 Å². The average molecular weight is 338 g/mol. The molecule has 2 heterocycles. The molecule has 2 N–H and O–H groups in total. The lowest BCUT2D eigenvalue weighted by Crippen LogP contribution is -2.12.